The number of piperazine rings is 1. The van der Waals surface area contributed by atoms with Crippen molar-refractivity contribution < 1.29 is 9.84 Å². The minimum atomic E-state index is -0.850. The molecule has 1 unspecified atom stereocenters. The molecule has 1 atom stereocenters. The number of nitrogens with zero attached hydrogens (tertiary/aromatic N) is 6. The number of fused-ring (bicyclic) bond motifs is 1. The molecule has 2 N–H and O–H groups in total. The van der Waals surface area contributed by atoms with Crippen LogP contribution in [-0.2, 0) is 11.8 Å². The molecule has 0 spiro atoms. The van der Waals surface area contributed by atoms with Gasteiger partial charge in [-0.2, -0.15) is 10.4 Å². The van der Waals surface area contributed by atoms with E-state index in [-0.39, 0.29) is 0 Å². The van der Waals surface area contributed by atoms with Gasteiger partial charge in [-0.1, -0.05) is 0 Å². The average molecular weight is 381 g/mol. The first-order chi connectivity index (χ1) is 13.6. The predicted molar refractivity (Wildman–Crippen MR) is 104 cm³/mol. The van der Waals surface area contributed by atoms with Crippen LogP contribution < -0.4 is 4.90 Å². The molecule has 1 aliphatic rings. The van der Waals surface area contributed by atoms with Crippen LogP contribution in [-0.4, -0.2) is 69.0 Å². The smallest absolute Gasteiger partial charge is 0.216 e. The highest BCUT2D eigenvalue weighted by Gasteiger charge is 2.24. The van der Waals surface area contributed by atoms with Crippen molar-refractivity contribution in [2.24, 2.45) is 7.05 Å². The van der Waals surface area contributed by atoms with Gasteiger partial charge in [0.05, 0.1) is 11.3 Å². The summed E-state index contributed by atoms with van der Waals surface area (Å²) in [6.45, 7) is 5.32. The van der Waals surface area contributed by atoms with Crippen LogP contribution in [0.5, 0.6) is 0 Å². The van der Waals surface area contributed by atoms with Crippen molar-refractivity contribution in [2.75, 3.05) is 37.7 Å². The van der Waals surface area contributed by atoms with Crippen molar-refractivity contribution in [3.8, 4) is 17.5 Å². The van der Waals surface area contributed by atoms with Crippen LogP contribution in [0, 0.1) is 11.3 Å². The van der Waals surface area contributed by atoms with E-state index in [1.54, 1.807) is 24.1 Å². The molecule has 0 radical (unpaired) electrons. The van der Waals surface area contributed by atoms with Crippen molar-refractivity contribution in [3.05, 3.63) is 30.1 Å². The standard InChI is InChI=1S/C19H23N7O2/c1-3-28-19(27)26-8-6-25(7-9-26)16-4-5-21-18-14(16)10-15(22-18)17-13(11-20)12-24(2)23-17/h4-5,10,12,19,27H,3,6-9H2,1-2H3,(H,21,22). The fraction of sp³-hybridized carbons (Fsp3) is 0.421. The lowest BCUT2D eigenvalue weighted by molar-refractivity contribution is -0.191. The Morgan fingerprint density at radius 1 is 1.36 bits per heavy atom. The van der Waals surface area contributed by atoms with Crippen molar-refractivity contribution in [1.29, 1.82) is 5.26 Å². The molecule has 1 saturated heterocycles. The van der Waals surface area contributed by atoms with Crippen LogP contribution in [0.3, 0.4) is 0 Å². The van der Waals surface area contributed by atoms with Crippen molar-refractivity contribution in [2.45, 2.75) is 13.3 Å². The molecule has 0 aromatic carbocycles. The molecule has 28 heavy (non-hydrogen) atoms. The topological polar surface area (TPSA) is 106 Å². The highest BCUT2D eigenvalue weighted by molar-refractivity contribution is 5.94. The van der Waals surface area contributed by atoms with Gasteiger partial charge in [-0.05, 0) is 19.1 Å². The quantitative estimate of drug-likeness (QED) is 0.641. The third kappa shape index (κ3) is 3.33. The molecule has 0 saturated carbocycles. The van der Waals surface area contributed by atoms with Crippen molar-refractivity contribution in [3.63, 3.8) is 0 Å². The predicted octanol–water partition coefficient (Wildman–Crippen LogP) is 1.27. The summed E-state index contributed by atoms with van der Waals surface area (Å²) in [7, 11) is 1.80. The Morgan fingerprint density at radius 2 is 2.14 bits per heavy atom. The zero-order valence-electron chi connectivity index (χ0n) is 16.0. The lowest BCUT2D eigenvalue weighted by Crippen LogP contribution is -2.51. The van der Waals surface area contributed by atoms with Gasteiger partial charge in [0.1, 0.15) is 17.4 Å². The number of anilines is 1. The molecule has 146 valence electrons. The van der Waals surface area contributed by atoms with Gasteiger partial charge in [0.15, 0.2) is 0 Å². The lowest BCUT2D eigenvalue weighted by Gasteiger charge is -2.38. The first-order valence-corrected chi connectivity index (χ1v) is 9.31. The highest BCUT2D eigenvalue weighted by Crippen LogP contribution is 2.31. The summed E-state index contributed by atoms with van der Waals surface area (Å²) in [6, 6.07) is 6.19. The molecule has 1 fully saturated rings. The molecule has 9 nitrogen and oxygen atoms in total. The summed E-state index contributed by atoms with van der Waals surface area (Å²) >= 11 is 0. The van der Waals surface area contributed by atoms with E-state index in [1.165, 1.54) is 0 Å². The van der Waals surface area contributed by atoms with Gasteiger partial charge in [0.25, 0.3) is 0 Å². The van der Waals surface area contributed by atoms with Crippen molar-refractivity contribution in [1.82, 2.24) is 24.6 Å². The van der Waals surface area contributed by atoms with Gasteiger partial charge in [0, 0.05) is 63.3 Å². The Balaban J connectivity index is 1.61. The summed E-state index contributed by atoms with van der Waals surface area (Å²) in [6.07, 6.45) is 2.64. The van der Waals surface area contributed by atoms with Gasteiger partial charge < -0.3 is 19.7 Å². The van der Waals surface area contributed by atoms with Gasteiger partial charge in [-0.15, -0.1) is 0 Å². The molecule has 0 aliphatic carbocycles. The second-order valence-electron chi connectivity index (χ2n) is 6.76. The molecule has 0 bridgehead atoms. The minimum absolute atomic E-state index is 0.483. The summed E-state index contributed by atoms with van der Waals surface area (Å²) in [5, 5.41) is 24.8. The SMILES string of the molecule is CCOC(O)N1CCN(c2ccnc3[nH]c(-c4nn(C)cc4C#N)cc23)CC1. The van der Waals surface area contributed by atoms with Crippen LogP contribution in [0.1, 0.15) is 12.5 Å². The van der Waals surface area contributed by atoms with E-state index in [2.05, 4.69) is 26.0 Å². The number of nitriles is 1. The van der Waals surface area contributed by atoms with E-state index in [0.29, 0.717) is 31.0 Å². The Morgan fingerprint density at radius 3 is 2.86 bits per heavy atom. The lowest BCUT2D eigenvalue weighted by atomic mass is 10.2. The van der Waals surface area contributed by atoms with Gasteiger partial charge in [-0.25, -0.2) is 4.98 Å². The van der Waals surface area contributed by atoms with E-state index in [4.69, 9.17) is 4.74 Å². The number of aromatic amines is 1. The van der Waals surface area contributed by atoms with E-state index in [1.807, 2.05) is 24.0 Å². The number of aryl methyl sites for hydroxylation is 1. The normalized spacial score (nSPS) is 16.4. The fourth-order valence-corrected chi connectivity index (χ4v) is 3.62. The second kappa shape index (κ2) is 7.59. The summed E-state index contributed by atoms with van der Waals surface area (Å²) in [4.78, 5) is 11.9. The number of hydrogen-bond donors (Lipinski definition) is 2. The average Bonchev–Trinajstić information content (AvgIpc) is 3.31. The number of hydrogen-bond acceptors (Lipinski definition) is 7. The third-order valence-corrected chi connectivity index (χ3v) is 5.00. The van der Waals surface area contributed by atoms with Gasteiger partial charge in [-0.3, -0.25) is 9.58 Å². The summed E-state index contributed by atoms with van der Waals surface area (Å²) < 4.78 is 6.92. The fourth-order valence-electron chi connectivity index (χ4n) is 3.62. The van der Waals surface area contributed by atoms with Gasteiger partial charge >= 0.3 is 0 Å². The zero-order valence-corrected chi connectivity index (χ0v) is 16.0. The van der Waals surface area contributed by atoms with E-state index in [9.17, 15) is 10.4 Å². The molecule has 0 amide bonds. The number of aliphatic hydroxyl groups excluding tert-OH is 1. The monoisotopic (exact) mass is 381 g/mol. The molecule has 4 rings (SSSR count). The number of rotatable bonds is 5. The maximum Gasteiger partial charge on any atom is 0.216 e. The highest BCUT2D eigenvalue weighted by atomic mass is 16.6. The summed E-state index contributed by atoms with van der Waals surface area (Å²) in [5.41, 5.74) is 3.76. The summed E-state index contributed by atoms with van der Waals surface area (Å²) in [5.74, 6) is 0. The number of ether oxygens (including phenoxy) is 1. The minimum Gasteiger partial charge on any atom is -0.368 e. The van der Waals surface area contributed by atoms with Crippen LogP contribution >= 0.6 is 0 Å². The van der Waals surface area contributed by atoms with Crippen LogP contribution in [0.4, 0.5) is 5.69 Å². The maximum atomic E-state index is 10.0. The third-order valence-electron chi connectivity index (χ3n) is 5.00. The van der Waals surface area contributed by atoms with Crippen LogP contribution in [0.15, 0.2) is 24.5 Å². The van der Waals surface area contributed by atoms with Gasteiger partial charge in [0.2, 0.25) is 6.41 Å². The number of aliphatic hydroxyl groups is 1. The molecule has 4 heterocycles. The molecule has 9 heteroatoms. The van der Waals surface area contributed by atoms with Crippen LogP contribution in [0.25, 0.3) is 22.4 Å². The molecule has 3 aromatic heterocycles. The molecule has 3 aromatic rings. The second-order valence-corrected chi connectivity index (χ2v) is 6.76. The Kier molecular flexibility index (Phi) is 5.00. The molecule has 1 aliphatic heterocycles. The van der Waals surface area contributed by atoms with Crippen molar-refractivity contribution >= 4 is 16.7 Å². The Labute approximate surface area is 162 Å². The van der Waals surface area contributed by atoms with Crippen LogP contribution in [0.2, 0.25) is 0 Å². The number of pyridine rings is 1. The first-order valence-electron chi connectivity index (χ1n) is 9.31. The number of nitrogens with one attached hydrogen (secondary N) is 1. The van der Waals surface area contributed by atoms with E-state index in [0.717, 1.165) is 35.5 Å². The molecular weight excluding hydrogens is 358 g/mol. The molecular formula is C19H23N7O2. The van der Waals surface area contributed by atoms with E-state index < -0.39 is 6.41 Å². The van der Waals surface area contributed by atoms with E-state index >= 15 is 0 Å². The maximum absolute atomic E-state index is 10.0. The number of aromatic nitrogens is 4. The number of H-pyrrole nitrogens is 1. The Bertz CT molecular complexity index is 1010. The largest absolute Gasteiger partial charge is 0.368 e. The zero-order chi connectivity index (χ0) is 19.7. The Hall–Kier alpha value is -2.93. The first kappa shape index (κ1) is 18.4.